The van der Waals surface area contributed by atoms with E-state index in [0.29, 0.717) is 5.92 Å². The van der Waals surface area contributed by atoms with E-state index in [1.165, 1.54) is 29.5 Å². The fraction of sp³-hybridized carbons (Fsp3) is 0.333. The average Bonchev–Trinajstić information content (AvgIpc) is 2.56. The van der Waals surface area contributed by atoms with Gasteiger partial charge in [-0.2, -0.15) is 0 Å². The Labute approximate surface area is 133 Å². The van der Waals surface area contributed by atoms with Gasteiger partial charge in [0, 0.05) is 6.04 Å². The molecule has 0 radical (unpaired) electrons. The molecule has 112 valence electrons. The fourth-order valence-corrected chi connectivity index (χ4v) is 3.00. The molecule has 0 aliphatic carbocycles. The quantitative estimate of drug-likeness (QED) is 0.905. The zero-order valence-electron chi connectivity index (χ0n) is 12.2. The Morgan fingerprint density at radius 2 is 1.43 bits per heavy atom. The summed E-state index contributed by atoms with van der Waals surface area (Å²) >= 11 is 0. The van der Waals surface area contributed by atoms with Crippen LogP contribution in [0.25, 0.3) is 11.1 Å². The van der Waals surface area contributed by atoms with Crippen molar-refractivity contribution in [2.75, 3.05) is 13.1 Å². The first-order chi connectivity index (χ1) is 9.84. The van der Waals surface area contributed by atoms with Crippen LogP contribution < -0.4 is 11.1 Å². The minimum absolute atomic E-state index is 0. The molecule has 0 aromatic heterocycles. The molecule has 2 nitrogen and oxygen atoms in total. The van der Waals surface area contributed by atoms with E-state index >= 15 is 0 Å². The Morgan fingerprint density at radius 3 is 2.05 bits per heavy atom. The Hall–Kier alpha value is -1.35. The predicted molar refractivity (Wildman–Crippen MR) is 91.6 cm³/mol. The van der Waals surface area contributed by atoms with Crippen LogP contribution in [0.4, 0.5) is 0 Å². The zero-order chi connectivity index (χ0) is 13.8. The Bertz CT molecular complexity index is 533. The first kappa shape index (κ1) is 16.0. The van der Waals surface area contributed by atoms with Gasteiger partial charge in [-0.05, 0) is 48.5 Å². The number of piperidine rings is 1. The molecule has 3 heteroatoms. The first-order valence-electron chi connectivity index (χ1n) is 7.46. The maximum atomic E-state index is 6.43. The molecule has 3 rings (SSSR count). The standard InChI is InChI=1S/C18H22N2.ClH/c19-18(17-10-12-20-13-11-17)16-8-6-15(7-9-16)14-4-2-1-3-5-14;/h1-9,17-18,20H,10-13,19H2;1H/t18-;/m0./s1. The van der Waals surface area contributed by atoms with Gasteiger partial charge >= 0.3 is 0 Å². The highest BCUT2D eigenvalue weighted by molar-refractivity contribution is 5.85. The van der Waals surface area contributed by atoms with Crippen LogP contribution in [0.1, 0.15) is 24.4 Å². The van der Waals surface area contributed by atoms with E-state index in [-0.39, 0.29) is 18.4 Å². The lowest BCUT2D eigenvalue weighted by atomic mass is 9.86. The summed E-state index contributed by atoms with van der Waals surface area (Å²) in [6.45, 7) is 2.20. The number of nitrogens with two attached hydrogens (primary N) is 1. The van der Waals surface area contributed by atoms with Crippen molar-refractivity contribution in [2.24, 2.45) is 11.7 Å². The summed E-state index contributed by atoms with van der Waals surface area (Å²) in [5.74, 6) is 0.610. The molecule has 0 bridgehead atoms. The Balaban J connectivity index is 0.00000161. The van der Waals surface area contributed by atoms with Gasteiger partial charge in [-0.25, -0.2) is 0 Å². The number of benzene rings is 2. The molecule has 1 heterocycles. The van der Waals surface area contributed by atoms with Crippen molar-refractivity contribution in [3.05, 3.63) is 60.2 Å². The van der Waals surface area contributed by atoms with Crippen LogP contribution in [0.3, 0.4) is 0 Å². The minimum Gasteiger partial charge on any atom is -0.324 e. The molecule has 2 aromatic carbocycles. The molecular weight excluding hydrogens is 280 g/mol. The second kappa shape index (κ2) is 7.60. The molecule has 1 fully saturated rings. The van der Waals surface area contributed by atoms with E-state index < -0.39 is 0 Å². The van der Waals surface area contributed by atoms with Crippen molar-refractivity contribution in [3.63, 3.8) is 0 Å². The van der Waals surface area contributed by atoms with Crippen LogP contribution in [-0.4, -0.2) is 13.1 Å². The summed E-state index contributed by atoms with van der Waals surface area (Å²) in [4.78, 5) is 0. The zero-order valence-corrected chi connectivity index (χ0v) is 13.0. The van der Waals surface area contributed by atoms with E-state index in [0.717, 1.165) is 13.1 Å². The lowest BCUT2D eigenvalue weighted by Gasteiger charge is -2.28. The largest absolute Gasteiger partial charge is 0.324 e. The molecule has 1 saturated heterocycles. The third-order valence-electron chi connectivity index (χ3n) is 4.29. The number of hydrogen-bond acceptors (Lipinski definition) is 2. The van der Waals surface area contributed by atoms with Gasteiger partial charge in [0.25, 0.3) is 0 Å². The molecule has 1 atom stereocenters. The van der Waals surface area contributed by atoms with E-state index in [9.17, 15) is 0 Å². The summed E-state index contributed by atoms with van der Waals surface area (Å²) in [6, 6.07) is 19.4. The molecule has 0 saturated carbocycles. The highest BCUT2D eigenvalue weighted by Gasteiger charge is 2.21. The number of nitrogens with one attached hydrogen (secondary N) is 1. The molecule has 3 N–H and O–H groups in total. The summed E-state index contributed by atoms with van der Waals surface area (Å²) < 4.78 is 0. The second-order valence-electron chi connectivity index (χ2n) is 5.60. The van der Waals surface area contributed by atoms with Crippen molar-refractivity contribution in [1.82, 2.24) is 5.32 Å². The highest BCUT2D eigenvalue weighted by Crippen LogP contribution is 2.28. The van der Waals surface area contributed by atoms with Crippen LogP contribution in [0.15, 0.2) is 54.6 Å². The van der Waals surface area contributed by atoms with E-state index in [4.69, 9.17) is 5.73 Å². The molecule has 0 unspecified atom stereocenters. The average molecular weight is 303 g/mol. The van der Waals surface area contributed by atoms with Crippen LogP contribution in [0.5, 0.6) is 0 Å². The number of hydrogen-bond donors (Lipinski definition) is 2. The number of halogens is 1. The van der Waals surface area contributed by atoms with Crippen LogP contribution in [0.2, 0.25) is 0 Å². The van der Waals surface area contributed by atoms with Gasteiger partial charge in [-0.15, -0.1) is 12.4 Å². The SMILES string of the molecule is Cl.N[C@@H](c1ccc(-c2ccccc2)cc1)C1CCNCC1. The third kappa shape index (κ3) is 3.85. The normalized spacial score (nSPS) is 17.0. The van der Waals surface area contributed by atoms with Gasteiger partial charge in [-0.1, -0.05) is 54.6 Å². The van der Waals surface area contributed by atoms with Crippen molar-refractivity contribution in [3.8, 4) is 11.1 Å². The van der Waals surface area contributed by atoms with Gasteiger partial charge in [0.2, 0.25) is 0 Å². The van der Waals surface area contributed by atoms with Gasteiger partial charge < -0.3 is 11.1 Å². The van der Waals surface area contributed by atoms with Crippen LogP contribution in [-0.2, 0) is 0 Å². The minimum atomic E-state index is 0. The predicted octanol–water partition coefficient (Wildman–Crippen LogP) is 3.77. The third-order valence-corrected chi connectivity index (χ3v) is 4.29. The number of rotatable bonds is 3. The maximum Gasteiger partial charge on any atom is 0.0324 e. The van der Waals surface area contributed by atoms with E-state index in [1.807, 2.05) is 6.07 Å². The molecule has 0 spiro atoms. The topological polar surface area (TPSA) is 38.0 Å². The van der Waals surface area contributed by atoms with Crippen molar-refractivity contribution in [1.29, 1.82) is 0 Å². The summed E-state index contributed by atoms with van der Waals surface area (Å²) in [5.41, 5.74) is 10.2. The van der Waals surface area contributed by atoms with Crippen LogP contribution >= 0.6 is 12.4 Å². The molecule has 2 aromatic rings. The Morgan fingerprint density at radius 1 is 0.857 bits per heavy atom. The van der Waals surface area contributed by atoms with Crippen molar-refractivity contribution in [2.45, 2.75) is 18.9 Å². The summed E-state index contributed by atoms with van der Waals surface area (Å²) in [5, 5.41) is 3.40. The van der Waals surface area contributed by atoms with Gasteiger partial charge in [0.05, 0.1) is 0 Å². The monoisotopic (exact) mass is 302 g/mol. The van der Waals surface area contributed by atoms with Crippen LogP contribution in [0, 0.1) is 5.92 Å². The van der Waals surface area contributed by atoms with Gasteiger partial charge in [-0.3, -0.25) is 0 Å². The molecule has 0 amide bonds. The highest BCUT2D eigenvalue weighted by atomic mass is 35.5. The van der Waals surface area contributed by atoms with E-state index in [2.05, 4.69) is 53.8 Å². The lowest BCUT2D eigenvalue weighted by Crippen LogP contribution is -2.33. The summed E-state index contributed by atoms with van der Waals surface area (Å²) in [7, 11) is 0. The Kier molecular flexibility index (Phi) is 5.80. The van der Waals surface area contributed by atoms with Gasteiger partial charge in [0.1, 0.15) is 0 Å². The fourth-order valence-electron chi connectivity index (χ4n) is 3.00. The molecular formula is C18H23ClN2. The van der Waals surface area contributed by atoms with Crippen molar-refractivity contribution >= 4 is 12.4 Å². The van der Waals surface area contributed by atoms with Gasteiger partial charge in [0.15, 0.2) is 0 Å². The second-order valence-corrected chi connectivity index (χ2v) is 5.60. The smallest absolute Gasteiger partial charge is 0.0324 e. The molecule has 1 aliphatic heterocycles. The van der Waals surface area contributed by atoms with Crippen molar-refractivity contribution < 1.29 is 0 Å². The lowest BCUT2D eigenvalue weighted by molar-refractivity contribution is 0.322. The summed E-state index contributed by atoms with van der Waals surface area (Å²) in [6.07, 6.45) is 2.36. The molecule has 1 aliphatic rings. The maximum absolute atomic E-state index is 6.43. The molecule has 21 heavy (non-hydrogen) atoms. The first-order valence-corrected chi connectivity index (χ1v) is 7.46. The van der Waals surface area contributed by atoms with E-state index in [1.54, 1.807) is 0 Å².